The zero-order valence-corrected chi connectivity index (χ0v) is 26.1. The highest BCUT2D eigenvalue weighted by atomic mass is 16.2. The van der Waals surface area contributed by atoms with Crippen molar-refractivity contribution in [2.45, 2.75) is 62.9 Å². The van der Waals surface area contributed by atoms with Gasteiger partial charge in [0.2, 0.25) is 5.91 Å². The summed E-state index contributed by atoms with van der Waals surface area (Å²) in [5, 5.41) is 12.9. The molecule has 3 aromatic heterocycles. The summed E-state index contributed by atoms with van der Waals surface area (Å²) in [5.74, 6) is 2.46. The van der Waals surface area contributed by atoms with Gasteiger partial charge in [-0.25, -0.2) is 9.97 Å². The normalized spacial score (nSPS) is 23.1. The van der Waals surface area contributed by atoms with E-state index in [0.29, 0.717) is 24.2 Å². The van der Waals surface area contributed by atoms with Crippen LogP contribution in [0.4, 0.5) is 5.82 Å². The highest BCUT2D eigenvalue weighted by Crippen LogP contribution is 2.44. The smallest absolute Gasteiger partial charge is 0.222 e. The van der Waals surface area contributed by atoms with E-state index in [1.165, 1.54) is 12.8 Å². The predicted molar refractivity (Wildman–Crippen MR) is 172 cm³/mol. The van der Waals surface area contributed by atoms with E-state index in [2.05, 4.69) is 57.5 Å². The Balaban J connectivity index is 1.14. The van der Waals surface area contributed by atoms with Crippen LogP contribution in [0.15, 0.2) is 55.2 Å². The molecule has 2 aliphatic heterocycles. The molecule has 230 valence electrons. The van der Waals surface area contributed by atoms with Crippen molar-refractivity contribution in [2.75, 3.05) is 39.0 Å². The third kappa shape index (κ3) is 5.63. The zero-order chi connectivity index (χ0) is 30.3. The molecule has 1 aliphatic carbocycles. The minimum Gasteiger partial charge on any atom is -0.369 e. The number of amides is 1. The maximum Gasteiger partial charge on any atom is 0.222 e. The van der Waals surface area contributed by atoms with Crippen molar-refractivity contribution in [3.8, 4) is 33.6 Å². The maximum absolute atomic E-state index is 12.2. The molecule has 44 heavy (non-hydrogen) atoms. The number of likely N-dealkylation sites (tertiary alicyclic amines) is 2. The Labute approximate surface area is 259 Å². The van der Waals surface area contributed by atoms with Gasteiger partial charge in [-0.15, -0.1) is 0 Å². The third-order valence-corrected chi connectivity index (χ3v) is 10.4. The predicted octanol–water partition coefficient (Wildman–Crippen LogP) is 5.27. The Bertz CT molecular complexity index is 1620. The fourth-order valence-corrected chi connectivity index (χ4v) is 7.39. The monoisotopic (exact) mass is 593 g/mol. The van der Waals surface area contributed by atoms with E-state index in [4.69, 9.17) is 15.1 Å². The molecule has 0 atom stereocenters. The molecule has 1 aromatic carbocycles. The molecule has 2 saturated heterocycles. The Morgan fingerprint density at radius 1 is 0.886 bits per heavy atom. The van der Waals surface area contributed by atoms with Crippen LogP contribution < -0.4 is 5.32 Å². The first-order chi connectivity index (χ1) is 21.4. The molecule has 4 aromatic rings. The molecule has 3 aliphatic rings. The summed E-state index contributed by atoms with van der Waals surface area (Å²) < 4.78 is 3.95. The minimum atomic E-state index is 0.0482. The van der Waals surface area contributed by atoms with E-state index < -0.39 is 0 Å². The number of hydrogen-bond donors (Lipinski definition) is 1. The average Bonchev–Trinajstić information content (AvgIpc) is 3.78. The first-order valence-electron chi connectivity index (χ1n) is 16.1. The summed E-state index contributed by atoms with van der Waals surface area (Å²) in [6.07, 6.45) is 18.1. The Kier molecular flexibility index (Phi) is 7.70. The highest BCUT2D eigenvalue weighted by molar-refractivity contribution is 5.79. The second-order valence-corrected chi connectivity index (χ2v) is 13.2. The largest absolute Gasteiger partial charge is 0.369 e. The quantitative estimate of drug-likeness (QED) is 0.312. The summed E-state index contributed by atoms with van der Waals surface area (Å²) in [7, 11) is 6.12. The van der Waals surface area contributed by atoms with Crippen molar-refractivity contribution in [3.05, 3.63) is 55.2 Å². The number of aryl methyl sites for hydroxylation is 1. The van der Waals surface area contributed by atoms with Gasteiger partial charge < -0.3 is 15.1 Å². The number of piperidine rings is 1. The zero-order valence-electron chi connectivity index (χ0n) is 26.1. The SMILES string of the molecule is CN1CCC(CNc2nc(-c3cccc(-c4cnn(C)c4)c3)ncc2-c2cnn(C3CCC4(CCC(=O)N4C)CC3)c2)CC1. The van der Waals surface area contributed by atoms with Gasteiger partial charge in [-0.05, 0) is 82.6 Å². The molecule has 1 spiro atoms. The molecular weight excluding hydrogens is 550 g/mol. The van der Waals surface area contributed by atoms with Crippen molar-refractivity contribution >= 4 is 11.7 Å². The van der Waals surface area contributed by atoms with Crippen LogP contribution in [0.3, 0.4) is 0 Å². The molecule has 5 heterocycles. The van der Waals surface area contributed by atoms with Crippen molar-refractivity contribution in [1.82, 2.24) is 39.3 Å². The number of hydrogen-bond acceptors (Lipinski definition) is 7. The van der Waals surface area contributed by atoms with Gasteiger partial charge in [0.15, 0.2) is 5.82 Å². The number of nitrogens with zero attached hydrogens (tertiary/aromatic N) is 8. The summed E-state index contributed by atoms with van der Waals surface area (Å²) in [6.45, 7) is 3.15. The van der Waals surface area contributed by atoms with E-state index >= 15 is 0 Å². The van der Waals surface area contributed by atoms with E-state index in [0.717, 1.165) is 85.4 Å². The average molecular weight is 594 g/mol. The van der Waals surface area contributed by atoms with Crippen LogP contribution in [0.2, 0.25) is 0 Å². The molecular formula is C34H43N9O. The second kappa shape index (κ2) is 11.8. The Morgan fingerprint density at radius 3 is 2.39 bits per heavy atom. The van der Waals surface area contributed by atoms with Crippen molar-refractivity contribution < 1.29 is 4.79 Å². The third-order valence-electron chi connectivity index (χ3n) is 10.4. The van der Waals surface area contributed by atoms with Gasteiger partial charge in [0, 0.05) is 73.4 Å². The molecule has 0 unspecified atom stereocenters. The molecule has 10 heteroatoms. The fourth-order valence-electron chi connectivity index (χ4n) is 7.39. The second-order valence-electron chi connectivity index (χ2n) is 13.2. The minimum absolute atomic E-state index is 0.0482. The highest BCUT2D eigenvalue weighted by Gasteiger charge is 2.45. The van der Waals surface area contributed by atoms with Gasteiger partial charge in [0.1, 0.15) is 5.82 Å². The molecule has 0 radical (unpaired) electrons. The van der Waals surface area contributed by atoms with Gasteiger partial charge in [0.05, 0.1) is 18.4 Å². The van der Waals surface area contributed by atoms with E-state index in [1.54, 1.807) is 0 Å². The van der Waals surface area contributed by atoms with Crippen LogP contribution in [0.1, 0.15) is 57.4 Å². The first-order valence-corrected chi connectivity index (χ1v) is 16.1. The number of rotatable bonds is 7. The number of carbonyl (C=O) groups is 1. The van der Waals surface area contributed by atoms with Crippen LogP contribution in [0, 0.1) is 5.92 Å². The molecule has 1 amide bonds. The van der Waals surface area contributed by atoms with Crippen molar-refractivity contribution in [1.29, 1.82) is 0 Å². The van der Waals surface area contributed by atoms with Crippen molar-refractivity contribution in [3.63, 3.8) is 0 Å². The number of anilines is 1. The summed E-state index contributed by atoms with van der Waals surface area (Å²) in [6, 6.07) is 8.69. The molecule has 7 rings (SSSR count). The lowest BCUT2D eigenvalue weighted by Gasteiger charge is -2.42. The molecule has 1 N–H and O–H groups in total. The van der Waals surface area contributed by atoms with Crippen LogP contribution in [0.25, 0.3) is 33.6 Å². The van der Waals surface area contributed by atoms with E-state index in [9.17, 15) is 4.79 Å². The Hall–Kier alpha value is -4.05. The Morgan fingerprint density at radius 2 is 1.66 bits per heavy atom. The number of benzene rings is 1. The van der Waals surface area contributed by atoms with Crippen molar-refractivity contribution in [2.24, 2.45) is 13.0 Å². The number of carbonyl (C=O) groups excluding carboxylic acids is 1. The first kappa shape index (κ1) is 28.7. The summed E-state index contributed by atoms with van der Waals surface area (Å²) in [4.78, 5) is 26.6. The molecule has 1 saturated carbocycles. The lowest BCUT2D eigenvalue weighted by molar-refractivity contribution is -0.130. The van der Waals surface area contributed by atoms with Crippen LogP contribution in [-0.2, 0) is 11.8 Å². The van der Waals surface area contributed by atoms with Gasteiger partial charge >= 0.3 is 0 Å². The van der Waals surface area contributed by atoms with Crippen LogP contribution in [0.5, 0.6) is 0 Å². The van der Waals surface area contributed by atoms with E-state index in [1.807, 2.05) is 48.5 Å². The summed E-state index contributed by atoms with van der Waals surface area (Å²) in [5.41, 5.74) is 5.19. The fraction of sp³-hybridized carbons (Fsp3) is 0.500. The van der Waals surface area contributed by atoms with E-state index in [-0.39, 0.29) is 11.4 Å². The lowest BCUT2D eigenvalue weighted by atomic mass is 9.78. The van der Waals surface area contributed by atoms with Gasteiger partial charge in [-0.2, -0.15) is 10.2 Å². The lowest BCUT2D eigenvalue weighted by Crippen LogP contribution is -2.46. The van der Waals surface area contributed by atoms with Gasteiger partial charge in [0.25, 0.3) is 0 Å². The standard InChI is InChI=1S/C34H43N9O/c1-40-15-10-24(11-16-40)18-35-33-30(21-36-32(39-33)26-6-4-5-25(17-26)27-19-37-41(2)22-27)28-20-38-43(23-28)29-7-12-34(13-8-29)14-9-31(44)42(34)3/h4-6,17,19-24,29H,7-16,18H2,1-3H3,(H,35,36,39). The molecule has 3 fully saturated rings. The maximum atomic E-state index is 12.2. The van der Waals surface area contributed by atoms with Gasteiger partial charge in [-0.3, -0.25) is 14.2 Å². The molecule has 0 bridgehead atoms. The van der Waals surface area contributed by atoms with Crippen LogP contribution >= 0.6 is 0 Å². The van der Waals surface area contributed by atoms with Gasteiger partial charge in [-0.1, -0.05) is 18.2 Å². The number of nitrogens with one attached hydrogen (secondary N) is 1. The van der Waals surface area contributed by atoms with Crippen LogP contribution in [-0.4, -0.2) is 84.5 Å². The number of aromatic nitrogens is 6. The molecule has 10 nitrogen and oxygen atoms in total. The topological polar surface area (TPSA) is 97.0 Å². The summed E-state index contributed by atoms with van der Waals surface area (Å²) >= 11 is 0.